The Hall–Kier alpha value is -0.530. The van der Waals surface area contributed by atoms with E-state index in [1.54, 1.807) is 0 Å². The first-order chi connectivity index (χ1) is 16.1. The quantitative estimate of drug-likeness (QED) is 0.136. The first-order valence-electron chi connectivity index (χ1n) is 15.3. The van der Waals surface area contributed by atoms with Crippen molar-refractivity contribution < 1.29 is 9.53 Å². The fourth-order valence-electron chi connectivity index (χ4n) is 9.93. The van der Waals surface area contributed by atoms with Crippen LogP contribution in [0.2, 0.25) is 0 Å². The van der Waals surface area contributed by atoms with Gasteiger partial charge in [-0.05, 0) is 98.7 Å². The molecule has 0 aliphatic heterocycles. The molecule has 0 atom stereocenters. The van der Waals surface area contributed by atoms with Gasteiger partial charge in [-0.3, -0.25) is 4.79 Å². The van der Waals surface area contributed by atoms with Crippen molar-refractivity contribution in [2.75, 3.05) is 6.61 Å². The summed E-state index contributed by atoms with van der Waals surface area (Å²) < 4.78 is 6.13. The monoisotopic (exact) mass is 480 g/mol. The molecule has 0 fully saturated rings. The maximum Gasteiger partial charge on any atom is 0.312 e. The fraction of sp³-hybridized carbons (Fsp3) is 0.969. The lowest BCUT2D eigenvalue weighted by Crippen LogP contribution is -2.66. The molecule has 0 bridgehead atoms. The van der Waals surface area contributed by atoms with Crippen LogP contribution in [0.1, 0.15) is 167 Å². The third-order valence-corrected chi connectivity index (χ3v) is 11.7. The molecule has 0 heterocycles. The van der Waals surface area contributed by atoms with Crippen LogP contribution in [0.25, 0.3) is 0 Å². The number of hydrogen-bond donors (Lipinski definition) is 0. The summed E-state index contributed by atoms with van der Waals surface area (Å²) in [6.45, 7) is 29.1. The fourth-order valence-corrected chi connectivity index (χ4v) is 9.93. The lowest BCUT2D eigenvalue weighted by molar-refractivity contribution is -0.234. The van der Waals surface area contributed by atoms with Crippen LogP contribution in [-0.4, -0.2) is 12.6 Å². The van der Waals surface area contributed by atoms with Gasteiger partial charge in [0.05, 0.1) is 12.0 Å². The lowest BCUT2D eigenvalue weighted by atomic mass is 9.33. The molecule has 0 radical (unpaired) electrons. The lowest BCUT2D eigenvalue weighted by Gasteiger charge is -2.70. The molecule has 0 aliphatic carbocycles. The average Bonchev–Trinajstić information content (AvgIpc) is 2.88. The Labute approximate surface area is 215 Å². The van der Waals surface area contributed by atoms with Gasteiger partial charge in [0.25, 0.3) is 0 Å². The summed E-state index contributed by atoms with van der Waals surface area (Å²) in [5.41, 5.74) is -0.0464. The van der Waals surface area contributed by atoms with Crippen LogP contribution < -0.4 is 0 Å². The Kier molecular flexibility index (Phi) is 14.0. The summed E-state index contributed by atoms with van der Waals surface area (Å²) in [7, 11) is 0. The van der Waals surface area contributed by atoms with Gasteiger partial charge in [-0.2, -0.15) is 0 Å². The molecule has 0 aromatic heterocycles. The molecule has 0 rings (SSSR count). The number of carbonyl (C=O) groups is 1. The zero-order chi connectivity index (χ0) is 26.7. The smallest absolute Gasteiger partial charge is 0.312 e. The molecule has 2 heteroatoms. The molecule has 0 saturated heterocycles. The molecule has 2 nitrogen and oxygen atoms in total. The normalized spacial score (nSPS) is 13.9. The Balaban J connectivity index is 7.66. The second-order valence-electron chi connectivity index (χ2n) is 11.0. The van der Waals surface area contributed by atoms with Gasteiger partial charge < -0.3 is 4.74 Å². The molecule has 0 aromatic carbocycles. The predicted molar refractivity (Wildman–Crippen MR) is 151 cm³/mol. The van der Waals surface area contributed by atoms with Gasteiger partial charge in [0.1, 0.15) is 0 Å². The van der Waals surface area contributed by atoms with Crippen molar-refractivity contribution >= 4 is 5.97 Å². The SMILES string of the molecule is CCCCOC(=O)C(CC)(CC)C(CC)(CC)C(CC)(CC)C(CC)(CC)C(CC)(CC)CC. The van der Waals surface area contributed by atoms with E-state index in [-0.39, 0.29) is 27.6 Å². The molecule has 0 saturated carbocycles. The van der Waals surface area contributed by atoms with Crippen molar-refractivity contribution in [3.05, 3.63) is 0 Å². The second kappa shape index (κ2) is 14.3. The van der Waals surface area contributed by atoms with Gasteiger partial charge in [0.15, 0.2) is 0 Å². The Morgan fingerprint density at radius 3 is 1.15 bits per heavy atom. The molecule has 0 N–H and O–H groups in total. The van der Waals surface area contributed by atoms with Crippen LogP contribution in [0.5, 0.6) is 0 Å². The summed E-state index contributed by atoms with van der Waals surface area (Å²) in [5, 5.41) is 0. The maximum absolute atomic E-state index is 14.2. The third-order valence-electron chi connectivity index (χ3n) is 11.7. The van der Waals surface area contributed by atoms with Crippen molar-refractivity contribution in [2.24, 2.45) is 27.1 Å². The van der Waals surface area contributed by atoms with Gasteiger partial charge in [-0.15, -0.1) is 0 Å². The Morgan fingerprint density at radius 2 is 0.882 bits per heavy atom. The number of unbranched alkanes of at least 4 members (excludes halogenated alkanes) is 1. The van der Waals surface area contributed by atoms with Crippen LogP contribution in [0.3, 0.4) is 0 Å². The largest absolute Gasteiger partial charge is 0.465 e. The van der Waals surface area contributed by atoms with Crippen molar-refractivity contribution in [3.8, 4) is 0 Å². The van der Waals surface area contributed by atoms with Crippen LogP contribution in [0.15, 0.2) is 0 Å². The summed E-state index contributed by atoms with van der Waals surface area (Å²) in [5.74, 6) is 0.0807. The molecule has 0 aromatic rings. The average molecular weight is 481 g/mol. The van der Waals surface area contributed by atoms with Crippen molar-refractivity contribution in [1.82, 2.24) is 0 Å². The topological polar surface area (TPSA) is 26.3 Å². The van der Waals surface area contributed by atoms with Crippen molar-refractivity contribution in [2.45, 2.75) is 167 Å². The standard InChI is InChI=1S/C32H64O2/c1-13-25-26-34-27(33)29(17-5,18-6)31(21-9,22-10)32(23-11,24-12)30(19-7,20-8)28(14-2,15-3)16-4/h13-26H2,1-12H3. The van der Waals surface area contributed by atoms with Crippen LogP contribution in [-0.2, 0) is 9.53 Å². The number of esters is 1. The Morgan fingerprint density at radius 1 is 0.500 bits per heavy atom. The van der Waals surface area contributed by atoms with Crippen LogP contribution in [0, 0.1) is 27.1 Å². The van der Waals surface area contributed by atoms with Gasteiger partial charge >= 0.3 is 5.97 Å². The zero-order valence-corrected chi connectivity index (χ0v) is 25.7. The highest BCUT2D eigenvalue weighted by Gasteiger charge is 2.70. The molecule has 34 heavy (non-hydrogen) atoms. The summed E-state index contributed by atoms with van der Waals surface area (Å²) in [6, 6.07) is 0. The molecule has 0 aliphatic rings. The molecule has 0 spiro atoms. The van der Waals surface area contributed by atoms with E-state index in [4.69, 9.17) is 4.74 Å². The number of ether oxygens (including phenoxy) is 1. The number of rotatable bonds is 19. The predicted octanol–water partition coefficient (Wildman–Crippen LogP) is 10.8. The summed E-state index contributed by atoms with van der Waals surface area (Å²) >= 11 is 0. The second-order valence-corrected chi connectivity index (χ2v) is 11.0. The first-order valence-corrected chi connectivity index (χ1v) is 15.3. The molecule has 204 valence electrons. The van der Waals surface area contributed by atoms with E-state index in [2.05, 4.69) is 83.1 Å². The zero-order valence-electron chi connectivity index (χ0n) is 25.7. The summed E-state index contributed by atoms with van der Waals surface area (Å²) in [6.07, 6.45) is 14.0. The van der Waals surface area contributed by atoms with Crippen molar-refractivity contribution in [1.29, 1.82) is 0 Å². The van der Waals surface area contributed by atoms with E-state index >= 15 is 0 Å². The van der Waals surface area contributed by atoms with Gasteiger partial charge in [-0.25, -0.2) is 0 Å². The van der Waals surface area contributed by atoms with E-state index in [1.807, 2.05) is 0 Å². The highest BCUT2D eigenvalue weighted by molar-refractivity contribution is 5.78. The molecular formula is C32H64O2. The number of carbonyl (C=O) groups excluding carboxylic acids is 1. The first kappa shape index (κ1) is 33.5. The number of hydrogen-bond acceptors (Lipinski definition) is 2. The van der Waals surface area contributed by atoms with Gasteiger partial charge in [-0.1, -0.05) is 89.5 Å². The minimum absolute atomic E-state index is 0.0603. The van der Waals surface area contributed by atoms with E-state index < -0.39 is 5.41 Å². The third kappa shape index (κ3) is 4.63. The van der Waals surface area contributed by atoms with Crippen molar-refractivity contribution in [3.63, 3.8) is 0 Å². The van der Waals surface area contributed by atoms with Gasteiger partial charge in [0, 0.05) is 0 Å². The Bertz CT molecular complexity index is 547. The summed E-state index contributed by atoms with van der Waals surface area (Å²) in [4.78, 5) is 14.2. The molecule has 0 unspecified atom stereocenters. The van der Waals surface area contributed by atoms with Crippen LogP contribution in [0.4, 0.5) is 0 Å². The minimum Gasteiger partial charge on any atom is -0.465 e. The van der Waals surface area contributed by atoms with Crippen LogP contribution >= 0.6 is 0 Å². The maximum atomic E-state index is 14.2. The molecular weight excluding hydrogens is 416 g/mol. The molecule has 0 amide bonds. The van der Waals surface area contributed by atoms with E-state index in [1.165, 1.54) is 32.1 Å². The van der Waals surface area contributed by atoms with E-state index in [9.17, 15) is 4.79 Å². The highest BCUT2D eigenvalue weighted by Crippen LogP contribution is 2.75. The minimum atomic E-state index is -0.452. The van der Waals surface area contributed by atoms with Gasteiger partial charge in [0.2, 0.25) is 0 Å². The van der Waals surface area contributed by atoms with E-state index in [0.717, 1.165) is 51.4 Å². The van der Waals surface area contributed by atoms with E-state index in [0.29, 0.717) is 6.61 Å². The highest BCUT2D eigenvalue weighted by atomic mass is 16.5.